The number of halogens is 1. The summed E-state index contributed by atoms with van der Waals surface area (Å²) in [6, 6.07) is 6.06. The first-order valence-corrected chi connectivity index (χ1v) is 6.39. The van der Waals surface area contributed by atoms with Crippen molar-refractivity contribution < 1.29 is 0 Å². The lowest BCUT2D eigenvalue weighted by Crippen LogP contribution is -1.99. The highest BCUT2D eigenvalue weighted by Crippen LogP contribution is 2.13. The van der Waals surface area contributed by atoms with Crippen molar-refractivity contribution in [1.82, 2.24) is 14.8 Å². The van der Waals surface area contributed by atoms with E-state index in [2.05, 4.69) is 39.9 Å². The lowest BCUT2D eigenvalue weighted by atomic mass is 10.1. The van der Waals surface area contributed by atoms with E-state index in [1.165, 1.54) is 5.56 Å². The molecule has 2 aromatic rings. The molecule has 16 heavy (non-hydrogen) atoms. The molecule has 84 valence electrons. The van der Waals surface area contributed by atoms with Gasteiger partial charge in [-0.25, -0.2) is 9.67 Å². The van der Waals surface area contributed by atoms with E-state index in [9.17, 15) is 0 Å². The Balaban J connectivity index is 2.28. The lowest BCUT2D eigenvalue weighted by Gasteiger charge is -2.02. The Morgan fingerprint density at radius 3 is 2.62 bits per heavy atom. The van der Waals surface area contributed by atoms with Gasteiger partial charge in [0.25, 0.3) is 0 Å². The Kier molecular flexibility index (Phi) is 3.39. The van der Waals surface area contributed by atoms with E-state index in [0.29, 0.717) is 5.92 Å². The molecule has 3 nitrogen and oxygen atoms in total. The maximum atomic E-state index is 4.48. The van der Waals surface area contributed by atoms with Gasteiger partial charge in [-0.2, -0.15) is 5.10 Å². The number of aromatic nitrogens is 3. The van der Waals surface area contributed by atoms with E-state index < -0.39 is 0 Å². The largest absolute Gasteiger partial charge is 0.237 e. The summed E-state index contributed by atoms with van der Waals surface area (Å²) in [5, 5.41) is 5.31. The third kappa shape index (κ3) is 2.32. The summed E-state index contributed by atoms with van der Waals surface area (Å²) in [4.78, 5) is 4.36. The average molecular weight is 280 g/mol. The molecule has 0 fully saturated rings. The molecule has 0 amide bonds. The van der Waals surface area contributed by atoms with Crippen LogP contribution in [0.5, 0.6) is 0 Å². The van der Waals surface area contributed by atoms with Gasteiger partial charge in [0, 0.05) is 17.7 Å². The Hall–Kier alpha value is -1.16. The van der Waals surface area contributed by atoms with Crippen LogP contribution in [0.3, 0.4) is 0 Å². The molecule has 0 aromatic carbocycles. The number of rotatable bonds is 3. The lowest BCUT2D eigenvalue weighted by molar-refractivity contribution is 0.757. The van der Waals surface area contributed by atoms with Gasteiger partial charge in [0.1, 0.15) is 0 Å². The predicted molar refractivity (Wildman–Crippen MR) is 68.1 cm³/mol. The van der Waals surface area contributed by atoms with Gasteiger partial charge >= 0.3 is 0 Å². The highest BCUT2D eigenvalue weighted by Gasteiger charge is 2.05. The second-order valence-corrected chi connectivity index (χ2v) is 4.56. The molecule has 0 spiro atoms. The monoisotopic (exact) mass is 279 g/mol. The van der Waals surface area contributed by atoms with Crippen LogP contribution in [0.25, 0.3) is 5.82 Å². The maximum Gasteiger partial charge on any atom is 0.153 e. The SMILES string of the molecule is CC(C)c1ccn(-c2ccc(CBr)cn2)n1. The van der Waals surface area contributed by atoms with Crippen molar-refractivity contribution in [3.8, 4) is 5.82 Å². The quantitative estimate of drug-likeness (QED) is 0.808. The highest BCUT2D eigenvalue weighted by molar-refractivity contribution is 9.08. The van der Waals surface area contributed by atoms with Gasteiger partial charge in [0.15, 0.2) is 5.82 Å². The number of pyridine rings is 1. The van der Waals surface area contributed by atoms with E-state index in [1.807, 2.05) is 35.3 Å². The number of alkyl halides is 1. The first-order chi connectivity index (χ1) is 7.70. The molecule has 0 saturated heterocycles. The van der Waals surface area contributed by atoms with Crippen LogP contribution in [0.15, 0.2) is 30.6 Å². The first-order valence-electron chi connectivity index (χ1n) is 5.27. The second kappa shape index (κ2) is 4.78. The van der Waals surface area contributed by atoms with Crippen LogP contribution in [-0.4, -0.2) is 14.8 Å². The fourth-order valence-electron chi connectivity index (χ4n) is 1.40. The zero-order valence-corrected chi connectivity index (χ0v) is 11.0. The smallest absolute Gasteiger partial charge is 0.153 e. The Bertz CT molecular complexity index is 459. The standard InChI is InChI=1S/C12H14BrN3/c1-9(2)11-5-6-16(15-11)12-4-3-10(7-13)8-14-12/h3-6,8-9H,7H2,1-2H3. The molecule has 2 aromatic heterocycles. The molecule has 4 heteroatoms. The third-order valence-corrected chi connectivity index (χ3v) is 3.05. The van der Waals surface area contributed by atoms with Gasteiger partial charge in [-0.1, -0.05) is 35.8 Å². The van der Waals surface area contributed by atoms with Crippen LogP contribution < -0.4 is 0 Å². The van der Waals surface area contributed by atoms with Crippen LogP contribution in [0.2, 0.25) is 0 Å². The average Bonchev–Trinajstić information content (AvgIpc) is 2.78. The van der Waals surface area contributed by atoms with Gasteiger partial charge in [-0.3, -0.25) is 0 Å². The number of nitrogens with zero attached hydrogens (tertiary/aromatic N) is 3. The summed E-state index contributed by atoms with van der Waals surface area (Å²) in [6.07, 6.45) is 3.81. The molecular weight excluding hydrogens is 266 g/mol. The molecule has 0 radical (unpaired) electrons. The fraction of sp³-hybridized carbons (Fsp3) is 0.333. The molecule has 0 aliphatic rings. The van der Waals surface area contributed by atoms with E-state index in [1.54, 1.807) is 0 Å². The summed E-state index contributed by atoms with van der Waals surface area (Å²) >= 11 is 3.40. The summed E-state index contributed by atoms with van der Waals surface area (Å²) in [5.74, 6) is 1.31. The third-order valence-electron chi connectivity index (χ3n) is 2.40. The normalized spacial score (nSPS) is 11.0. The van der Waals surface area contributed by atoms with Gasteiger partial charge in [0.05, 0.1) is 5.69 Å². The van der Waals surface area contributed by atoms with Crippen molar-refractivity contribution in [3.05, 3.63) is 41.9 Å². The number of hydrogen-bond acceptors (Lipinski definition) is 2. The first kappa shape index (κ1) is 11.3. The van der Waals surface area contributed by atoms with Crippen LogP contribution in [0, 0.1) is 0 Å². The maximum absolute atomic E-state index is 4.48. The van der Waals surface area contributed by atoms with Crippen molar-refractivity contribution in [2.75, 3.05) is 0 Å². The molecule has 0 saturated carbocycles. The molecule has 0 aliphatic carbocycles. The van der Waals surface area contributed by atoms with Crippen LogP contribution in [0.4, 0.5) is 0 Å². The topological polar surface area (TPSA) is 30.7 Å². The van der Waals surface area contributed by atoms with Crippen LogP contribution in [0.1, 0.15) is 31.0 Å². The summed E-state index contributed by atoms with van der Waals surface area (Å²) < 4.78 is 1.81. The summed E-state index contributed by atoms with van der Waals surface area (Å²) in [5.41, 5.74) is 2.26. The van der Waals surface area contributed by atoms with Gasteiger partial charge in [-0.05, 0) is 23.6 Å². The van der Waals surface area contributed by atoms with Crippen LogP contribution >= 0.6 is 15.9 Å². The Morgan fingerprint density at radius 1 is 1.31 bits per heavy atom. The van der Waals surface area contributed by atoms with E-state index in [-0.39, 0.29) is 0 Å². The molecular formula is C12H14BrN3. The Morgan fingerprint density at radius 2 is 2.12 bits per heavy atom. The van der Waals surface area contributed by atoms with Crippen molar-refractivity contribution in [1.29, 1.82) is 0 Å². The molecule has 0 N–H and O–H groups in total. The van der Waals surface area contributed by atoms with Crippen molar-refractivity contribution in [2.45, 2.75) is 25.1 Å². The van der Waals surface area contributed by atoms with Crippen molar-refractivity contribution >= 4 is 15.9 Å². The van der Waals surface area contributed by atoms with Gasteiger partial charge < -0.3 is 0 Å². The van der Waals surface area contributed by atoms with Crippen molar-refractivity contribution in [3.63, 3.8) is 0 Å². The molecule has 2 heterocycles. The van der Waals surface area contributed by atoms with E-state index >= 15 is 0 Å². The minimum atomic E-state index is 0.447. The minimum absolute atomic E-state index is 0.447. The zero-order valence-electron chi connectivity index (χ0n) is 9.39. The molecule has 2 rings (SSSR count). The van der Waals surface area contributed by atoms with E-state index in [4.69, 9.17) is 0 Å². The molecule has 0 bridgehead atoms. The molecule has 0 unspecified atom stereocenters. The highest BCUT2D eigenvalue weighted by atomic mass is 79.9. The van der Waals surface area contributed by atoms with Crippen LogP contribution in [-0.2, 0) is 5.33 Å². The molecule has 0 atom stereocenters. The predicted octanol–water partition coefficient (Wildman–Crippen LogP) is 3.29. The fourth-order valence-corrected chi connectivity index (χ4v) is 1.74. The Labute approximate surface area is 104 Å². The van der Waals surface area contributed by atoms with Gasteiger partial charge in [0.2, 0.25) is 0 Å². The zero-order chi connectivity index (χ0) is 11.5. The minimum Gasteiger partial charge on any atom is -0.237 e. The molecule has 0 aliphatic heterocycles. The van der Waals surface area contributed by atoms with E-state index in [0.717, 1.165) is 16.8 Å². The summed E-state index contributed by atoms with van der Waals surface area (Å²) in [7, 11) is 0. The summed E-state index contributed by atoms with van der Waals surface area (Å²) in [6.45, 7) is 4.27. The second-order valence-electron chi connectivity index (χ2n) is 4.00. The van der Waals surface area contributed by atoms with Crippen molar-refractivity contribution in [2.24, 2.45) is 0 Å². The number of hydrogen-bond donors (Lipinski definition) is 0. The van der Waals surface area contributed by atoms with Gasteiger partial charge in [-0.15, -0.1) is 0 Å².